The third kappa shape index (κ3) is 8.89. The van der Waals surface area contributed by atoms with Crippen molar-refractivity contribution in [3.8, 4) is 5.75 Å². The molecule has 0 bridgehead atoms. The van der Waals surface area contributed by atoms with Crippen LogP contribution in [0.5, 0.6) is 5.75 Å². The predicted molar refractivity (Wildman–Crippen MR) is 178 cm³/mol. The monoisotopic (exact) mass is 722 g/mol. The Hall–Kier alpha value is -4.03. The highest BCUT2D eigenvalue weighted by Gasteiger charge is 2.57. The number of carbonyl (C=O) groups excluding carboxylic acids is 4. The summed E-state index contributed by atoms with van der Waals surface area (Å²) in [5, 5.41) is 58.9. The average Bonchev–Trinajstić information content (AvgIpc) is 3.46. The van der Waals surface area contributed by atoms with Gasteiger partial charge in [0, 0.05) is 45.1 Å². The van der Waals surface area contributed by atoms with Gasteiger partial charge in [-0.1, -0.05) is 0 Å². The van der Waals surface area contributed by atoms with Crippen LogP contribution >= 0.6 is 0 Å². The molecule has 3 aliphatic rings. The number of aromatic hydroxyl groups is 1. The second-order valence-electron chi connectivity index (χ2n) is 14.8. The van der Waals surface area contributed by atoms with E-state index in [0.29, 0.717) is 17.5 Å². The van der Waals surface area contributed by atoms with E-state index in [1.54, 1.807) is 34.6 Å². The smallest absolute Gasteiger partial charge is 0.410 e. The van der Waals surface area contributed by atoms with Gasteiger partial charge in [-0.3, -0.25) is 14.4 Å². The number of aliphatic hydroxyl groups is 3. The predicted octanol–water partition coefficient (Wildman–Crippen LogP) is -0.433. The van der Waals surface area contributed by atoms with E-state index in [1.165, 1.54) is 21.9 Å². The Kier molecular flexibility index (Phi) is 11.9. The lowest BCUT2D eigenvalue weighted by Gasteiger charge is -2.49. The van der Waals surface area contributed by atoms with Crippen LogP contribution in [0.3, 0.4) is 0 Å². The highest BCUT2D eigenvalue weighted by atomic mass is 16.6. The molecule has 17 heteroatoms. The quantitative estimate of drug-likeness (QED) is 0.171. The number of benzene rings is 1. The van der Waals surface area contributed by atoms with Gasteiger partial charge in [-0.05, 0) is 64.3 Å². The zero-order valence-corrected chi connectivity index (χ0v) is 29.8. The van der Waals surface area contributed by atoms with E-state index in [-0.39, 0.29) is 44.2 Å². The second-order valence-corrected chi connectivity index (χ2v) is 14.8. The van der Waals surface area contributed by atoms with Crippen molar-refractivity contribution >= 4 is 29.8 Å². The van der Waals surface area contributed by atoms with Crippen LogP contribution < -0.4 is 10.6 Å². The van der Waals surface area contributed by atoms with Gasteiger partial charge in [0.2, 0.25) is 11.8 Å². The maximum Gasteiger partial charge on any atom is 0.410 e. The molecule has 0 aromatic heterocycles. The summed E-state index contributed by atoms with van der Waals surface area (Å²) in [7, 11) is 0. The molecule has 4 amide bonds. The molecule has 4 rings (SSSR count). The summed E-state index contributed by atoms with van der Waals surface area (Å²) in [6.07, 6.45) is -8.85. The minimum atomic E-state index is -2.41. The van der Waals surface area contributed by atoms with E-state index in [4.69, 9.17) is 14.2 Å². The number of carboxylic acids is 1. The molecule has 3 heterocycles. The van der Waals surface area contributed by atoms with Crippen LogP contribution in [0.25, 0.3) is 0 Å². The van der Waals surface area contributed by atoms with Crippen molar-refractivity contribution < 1.29 is 63.7 Å². The Morgan fingerprint density at radius 3 is 2.33 bits per heavy atom. The van der Waals surface area contributed by atoms with Gasteiger partial charge in [0.05, 0.1) is 43.4 Å². The number of hydrogen-bond acceptors (Lipinski definition) is 12. The number of carboxylic acid groups (broad SMARTS) is 1. The molecule has 51 heavy (non-hydrogen) atoms. The normalized spacial score (nSPS) is 27.8. The number of nitrogens with one attached hydrogen (secondary N) is 2. The molecule has 284 valence electrons. The Morgan fingerprint density at radius 1 is 1.10 bits per heavy atom. The van der Waals surface area contributed by atoms with Crippen LogP contribution in [0.4, 0.5) is 4.79 Å². The number of phenolic OH excluding ortho intramolecular Hbond substituents is 1. The number of carbonyl (C=O) groups is 5. The van der Waals surface area contributed by atoms with E-state index in [1.807, 2.05) is 0 Å². The highest BCUT2D eigenvalue weighted by molar-refractivity contribution is 5.95. The average molecular weight is 723 g/mol. The molecule has 1 spiro atoms. The molecule has 7 N–H and O–H groups in total. The summed E-state index contributed by atoms with van der Waals surface area (Å²) in [5.74, 6) is -3.56. The lowest BCUT2D eigenvalue weighted by Crippen LogP contribution is -2.69. The number of aryl methyl sites for hydroxylation is 2. The summed E-state index contributed by atoms with van der Waals surface area (Å²) in [4.78, 5) is 67.7. The Balaban J connectivity index is 1.54. The van der Waals surface area contributed by atoms with Crippen molar-refractivity contribution in [2.75, 3.05) is 39.4 Å². The van der Waals surface area contributed by atoms with Crippen LogP contribution in [-0.2, 0) is 28.6 Å². The van der Waals surface area contributed by atoms with Gasteiger partial charge in [0.1, 0.15) is 23.6 Å². The number of amides is 4. The third-order valence-corrected chi connectivity index (χ3v) is 9.51. The molecule has 1 aromatic rings. The van der Waals surface area contributed by atoms with Gasteiger partial charge in [-0.2, -0.15) is 0 Å². The maximum atomic E-state index is 14.1. The minimum absolute atomic E-state index is 0.0224. The Morgan fingerprint density at radius 2 is 1.75 bits per heavy atom. The number of aliphatic hydroxyl groups excluding tert-OH is 3. The number of likely N-dealkylation sites (tertiary alicyclic amines) is 1. The lowest BCUT2D eigenvalue weighted by molar-refractivity contribution is -0.230. The van der Waals surface area contributed by atoms with Crippen LogP contribution in [0, 0.1) is 13.8 Å². The van der Waals surface area contributed by atoms with Crippen LogP contribution in [0.15, 0.2) is 12.1 Å². The molecule has 3 saturated heterocycles. The van der Waals surface area contributed by atoms with Crippen molar-refractivity contribution in [2.24, 2.45) is 0 Å². The van der Waals surface area contributed by atoms with Gasteiger partial charge in [-0.25, -0.2) is 9.59 Å². The van der Waals surface area contributed by atoms with E-state index >= 15 is 0 Å². The fourth-order valence-electron chi connectivity index (χ4n) is 6.95. The van der Waals surface area contributed by atoms with Crippen molar-refractivity contribution in [3.63, 3.8) is 0 Å². The van der Waals surface area contributed by atoms with Gasteiger partial charge in [0.15, 0.2) is 5.60 Å². The molecule has 0 radical (unpaired) electrons. The van der Waals surface area contributed by atoms with E-state index in [2.05, 4.69) is 10.6 Å². The number of hydrogen-bond donors (Lipinski definition) is 7. The van der Waals surface area contributed by atoms with Crippen molar-refractivity contribution in [1.29, 1.82) is 0 Å². The first kappa shape index (κ1) is 39.8. The Bertz CT molecular complexity index is 1490. The van der Waals surface area contributed by atoms with Gasteiger partial charge < -0.3 is 60.2 Å². The number of rotatable bonds is 9. The van der Waals surface area contributed by atoms with Crippen molar-refractivity contribution in [3.05, 3.63) is 28.8 Å². The van der Waals surface area contributed by atoms with E-state index in [0.717, 1.165) is 6.92 Å². The standard InChI is InChI=1S/C34H50N4O13/c1-18-11-21(12-19(2)26(18)43)29(45)35-15-23(41)27(44)28-25(36-20(3)39)22(40)13-34(50-28,30(46)47)14-24(42)38-9-10-49-17-33(38)7-8-37(16-33)31(48)51-32(4,5)6/h11-12,22-23,25,27-28,40-41,43-44H,7-10,13-17H2,1-6H3,(H,35,45)(H,36,39)(H,46,47)/t22-,23+,25?,27+,28+,33+,34-/m0/s1. The Labute approximate surface area is 295 Å². The van der Waals surface area contributed by atoms with Gasteiger partial charge >= 0.3 is 12.1 Å². The molecule has 1 aromatic carbocycles. The third-order valence-electron chi connectivity index (χ3n) is 9.51. The molecule has 7 atom stereocenters. The number of nitrogens with zero attached hydrogens (tertiary/aromatic N) is 2. The largest absolute Gasteiger partial charge is 0.507 e. The topological polar surface area (TPSA) is 245 Å². The first-order valence-corrected chi connectivity index (χ1v) is 16.9. The van der Waals surface area contributed by atoms with E-state index < -0.39 is 96.4 Å². The zero-order chi connectivity index (χ0) is 38.1. The van der Waals surface area contributed by atoms with Crippen molar-refractivity contribution in [1.82, 2.24) is 20.4 Å². The number of ether oxygens (including phenoxy) is 3. The maximum absolute atomic E-state index is 14.1. The van der Waals surface area contributed by atoms with Gasteiger partial charge in [-0.15, -0.1) is 0 Å². The molecule has 3 fully saturated rings. The van der Waals surface area contributed by atoms with Crippen molar-refractivity contribution in [2.45, 2.75) is 108 Å². The molecule has 17 nitrogen and oxygen atoms in total. The summed E-state index contributed by atoms with van der Waals surface area (Å²) in [6.45, 7) is 9.64. The molecule has 0 saturated carbocycles. The summed E-state index contributed by atoms with van der Waals surface area (Å²) >= 11 is 0. The molecular weight excluding hydrogens is 672 g/mol. The van der Waals surface area contributed by atoms with Crippen LogP contribution in [0.2, 0.25) is 0 Å². The number of phenols is 1. The van der Waals surface area contributed by atoms with E-state index in [9.17, 15) is 49.5 Å². The highest BCUT2D eigenvalue weighted by Crippen LogP contribution is 2.38. The molecule has 3 aliphatic heterocycles. The van der Waals surface area contributed by atoms with Crippen LogP contribution in [0.1, 0.15) is 68.4 Å². The number of aliphatic carboxylic acids is 1. The fourth-order valence-corrected chi connectivity index (χ4v) is 6.95. The zero-order valence-electron chi connectivity index (χ0n) is 29.8. The minimum Gasteiger partial charge on any atom is -0.507 e. The SMILES string of the molecule is CC(=O)NC1[C@H]([C@H](O)[C@H](O)CNC(=O)c2cc(C)c(O)c(C)c2)O[C@@](CC(=O)N2CCOC[C@]23CCN(C(=O)OC(C)(C)C)C3)(C(=O)O)C[C@@H]1O. The number of morpholine rings is 1. The fraction of sp³-hybridized carbons (Fsp3) is 0.676. The second kappa shape index (κ2) is 15.3. The first-order valence-electron chi connectivity index (χ1n) is 16.9. The lowest BCUT2D eigenvalue weighted by atomic mass is 9.81. The summed E-state index contributed by atoms with van der Waals surface area (Å²) in [5.41, 5.74) is -3.09. The first-order chi connectivity index (χ1) is 23.7. The summed E-state index contributed by atoms with van der Waals surface area (Å²) in [6, 6.07) is 1.47. The van der Waals surface area contributed by atoms with Crippen LogP contribution in [-0.4, -0.2) is 152 Å². The van der Waals surface area contributed by atoms with Gasteiger partial charge in [0.25, 0.3) is 5.91 Å². The molecule has 1 unspecified atom stereocenters. The summed E-state index contributed by atoms with van der Waals surface area (Å²) < 4.78 is 17.2. The molecule has 0 aliphatic carbocycles. The molecular formula is C34H50N4O13.